The van der Waals surface area contributed by atoms with Crippen LogP contribution in [0.25, 0.3) is 0 Å². The Kier molecular flexibility index (Phi) is 7.71. The molecule has 7 nitrogen and oxygen atoms in total. The van der Waals surface area contributed by atoms with Crippen molar-refractivity contribution in [3.05, 3.63) is 59.7 Å². The second-order valence-electron chi connectivity index (χ2n) is 5.31. The molecule has 0 spiro atoms. The topological polar surface area (TPSA) is 96.0 Å². The zero-order valence-electron chi connectivity index (χ0n) is 14.5. The van der Waals surface area contributed by atoms with Gasteiger partial charge in [0.25, 0.3) is 20.2 Å². The van der Waals surface area contributed by atoms with E-state index in [1.54, 1.807) is 0 Å². The Morgan fingerprint density at radius 3 is 1.34 bits per heavy atom. The molecule has 160 valence electrons. The van der Waals surface area contributed by atoms with E-state index in [9.17, 15) is 34.4 Å². The van der Waals surface area contributed by atoms with E-state index >= 15 is 0 Å². The molecule has 0 atom stereocenters. The lowest BCUT2D eigenvalue weighted by atomic mass is 10.3. The van der Waals surface area contributed by atoms with Crippen molar-refractivity contribution in [3.8, 4) is 0 Å². The van der Waals surface area contributed by atoms with Crippen molar-refractivity contribution in [1.82, 2.24) is 0 Å². The maximum absolute atomic E-state index is 13.5. The summed E-state index contributed by atoms with van der Waals surface area (Å²) in [6, 6.07) is 3.67. The lowest BCUT2D eigenvalue weighted by Crippen LogP contribution is -2.16. The number of rotatable bonds is 10. The van der Waals surface area contributed by atoms with Gasteiger partial charge in [-0.3, -0.25) is 8.37 Å². The van der Waals surface area contributed by atoms with Gasteiger partial charge in [0.15, 0.2) is 0 Å². The molecule has 0 saturated carbocycles. The van der Waals surface area contributed by atoms with E-state index in [0.29, 0.717) is 24.3 Å². The molecule has 0 N–H and O–H groups in total. The largest absolute Gasteiger partial charge is 0.377 e. The normalized spacial score (nSPS) is 12.3. The first-order valence-electron chi connectivity index (χ1n) is 7.79. The van der Waals surface area contributed by atoms with Gasteiger partial charge in [0.2, 0.25) is 0 Å². The molecule has 0 heterocycles. The minimum Gasteiger partial charge on any atom is -0.377 e. The molecule has 0 aliphatic heterocycles. The molecule has 0 unspecified atom stereocenters. The molecule has 0 amide bonds. The van der Waals surface area contributed by atoms with Gasteiger partial charge in [-0.2, -0.15) is 16.8 Å². The summed E-state index contributed by atoms with van der Waals surface area (Å²) >= 11 is 0. The predicted molar refractivity (Wildman–Crippen MR) is 89.8 cm³/mol. The van der Waals surface area contributed by atoms with Crippen LogP contribution in [0.1, 0.15) is 0 Å². The number of benzene rings is 2. The maximum atomic E-state index is 13.5. The lowest BCUT2D eigenvalue weighted by molar-refractivity contribution is 0.0792. The predicted octanol–water partition coefficient (Wildman–Crippen LogP) is 2.37. The quantitative estimate of drug-likeness (QED) is 0.306. The van der Waals surface area contributed by atoms with Crippen molar-refractivity contribution in [2.75, 3.05) is 26.4 Å². The molecule has 0 fully saturated rings. The number of halogens is 4. The van der Waals surface area contributed by atoms with Gasteiger partial charge >= 0.3 is 0 Å². The third-order valence-corrected chi connectivity index (χ3v) is 5.95. The summed E-state index contributed by atoms with van der Waals surface area (Å²) in [5.41, 5.74) is 0. The van der Waals surface area contributed by atoms with Gasteiger partial charge in [-0.25, -0.2) is 17.6 Å². The molecule has 2 rings (SSSR count). The molecule has 0 aromatic heterocycles. The summed E-state index contributed by atoms with van der Waals surface area (Å²) in [6.07, 6.45) is 0. The molecule has 29 heavy (non-hydrogen) atoms. The average Bonchev–Trinajstić information content (AvgIpc) is 2.60. The van der Waals surface area contributed by atoms with Crippen LogP contribution in [0.5, 0.6) is 0 Å². The van der Waals surface area contributed by atoms with Crippen LogP contribution in [0.3, 0.4) is 0 Å². The zero-order chi connectivity index (χ0) is 21.7. The Morgan fingerprint density at radius 2 is 1.00 bits per heavy atom. The van der Waals surface area contributed by atoms with Crippen molar-refractivity contribution >= 4 is 20.2 Å². The third kappa shape index (κ3) is 6.47. The second-order valence-corrected chi connectivity index (χ2v) is 8.48. The molecule has 0 aliphatic carbocycles. The van der Waals surface area contributed by atoms with Crippen LogP contribution in [0.4, 0.5) is 17.6 Å². The van der Waals surface area contributed by atoms with Crippen molar-refractivity contribution in [2.45, 2.75) is 9.79 Å². The zero-order valence-corrected chi connectivity index (χ0v) is 16.1. The van der Waals surface area contributed by atoms with Gasteiger partial charge in [0.05, 0.1) is 26.4 Å². The minimum atomic E-state index is -4.49. The molecule has 0 radical (unpaired) electrons. The van der Waals surface area contributed by atoms with Crippen LogP contribution < -0.4 is 0 Å². The van der Waals surface area contributed by atoms with Crippen molar-refractivity contribution in [3.63, 3.8) is 0 Å². The van der Waals surface area contributed by atoms with E-state index in [1.807, 2.05) is 0 Å². The smallest absolute Gasteiger partial charge is 0.299 e. The fourth-order valence-corrected chi connectivity index (χ4v) is 3.88. The van der Waals surface area contributed by atoms with E-state index in [-0.39, 0.29) is 13.2 Å². The van der Waals surface area contributed by atoms with Gasteiger partial charge in [-0.05, 0) is 24.3 Å². The lowest BCUT2D eigenvalue weighted by Gasteiger charge is -2.08. The summed E-state index contributed by atoms with van der Waals surface area (Å²) in [5.74, 6) is -4.56. The van der Waals surface area contributed by atoms with Gasteiger partial charge in [0.1, 0.15) is 33.1 Å². The SMILES string of the molecule is O=S(=O)(OCCOCCOS(=O)(=O)c1ccc(F)cc1F)c1ccc(F)cc1F. The van der Waals surface area contributed by atoms with Gasteiger partial charge in [0, 0.05) is 12.1 Å². The highest BCUT2D eigenvalue weighted by atomic mass is 32.2. The molecule has 0 saturated heterocycles. The highest BCUT2D eigenvalue weighted by Gasteiger charge is 2.21. The van der Waals surface area contributed by atoms with E-state index in [2.05, 4.69) is 8.37 Å². The first kappa shape index (κ1) is 23.2. The van der Waals surface area contributed by atoms with Crippen LogP contribution in [0.15, 0.2) is 46.2 Å². The van der Waals surface area contributed by atoms with Crippen LogP contribution in [0.2, 0.25) is 0 Å². The van der Waals surface area contributed by atoms with Gasteiger partial charge in [-0.1, -0.05) is 0 Å². The summed E-state index contributed by atoms with van der Waals surface area (Å²) in [6.45, 7) is -1.76. The summed E-state index contributed by atoms with van der Waals surface area (Å²) in [4.78, 5) is -1.70. The Hall–Kier alpha value is -2.06. The van der Waals surface area contributed by atoms with Crippen molar-refractivity contribution < 1.29 is 47.5 Å². The van der Waals surface area contributed by atoms with Crippen LogP contribution >= 0.6 is 0 Å². The Labute approximate surface area is 164 Å². The van der Waals surface area contributed by atoms with E-state index in [0.717, 1.165) is 12.1 Å². The number of hydrogen-bond acceptors (Lipinski definition) is 7. The minimum absolute atomic E-state index is 0.337. The summed E-state index contributed by atoms with van der Waals surface area (Å²) < 4.78 is 114. The van der Waals surface area contributed by atoms with Crippen LogP contribution in [-0.2, 0) is 33.3 Å². The standard InChI is InChI=1S/C16H14F4O7S2/c17-11-1-3-15(13(19)9-11)28(21,22)26-7-5-25-6-8-27-29(23,24)16-4-2-12(18)10-14(16)20/h1-4,9-10H,5-8H2. The highest BCUT2D eigenvalue weighted by Crippen LogP contribution is 2.18. The molecule has 2 aromatic rings. The van der Waals surface area contributed by atoms with Crippen LogP contribution in [-0.4, -0.2) is 43.3 Å². The Bertz CT molecular complexity index is 987. The molecular weight excluding hydrogens is 444 g/mol. The fourth-order valence-electron chi connectivity index (χ4n) is 1.99. The van der Waals surface area contributed by atoms with Gasteiger partial charge in [-0.15, -0.1) is 0 Å². The Balaban J connectivity index is 1.76. The number of hydrogen-bond donors (Lipinski definition) is 0. The molecule has 13 heteroatoms. The van der Waals surface area contributed by atoms with Gasteiger partial charge < -0.3 is 4.74 Å². The number of ether oxygens (including phenoxy) is 1. The summed E-state index contributed by atoms with van der Waals surface area (Å²) in [7, 11) is -8.98. The maximum Gasteiger partial charge on any atom is 0.299 e. The first-order valence-corrected chi connectivity index (χ1v) is 10.6. The van der Waals surface area contributed by atoms with Crippen molar-refractivity contribution in [1.29, 1.82) is 0 Å². The van der Waals surface area contributed by atoms with E-state index in [1.165, 1.54) is 0 Å². The Morgan fingerprint density at radius 1 is 0.621 bits per heavy atom. The third-order valence-electron chi connectivity index (χ3n) is 3.26. The average molecular weight is 458 g/mol. The van der Waals surface area contributed by atoms with E-state index in [4.69, 9.17) is 4.74 Å². The highest BCUT2D eigenvalue weighted by molar-refractivity contribution is 7.87. The van der Waals surface area contributed by atoms with E-state index < -0.39 is 66.5 Å². The summed E-state index contributed by atoms with van der Waals surface area (Å²) in [5, 5.41) is 0. The second kappa shape index (κ2) is 9.63. The fraction of sp³-hybridized carbons (Fsp3) is 0.250. The van der Waals surface area contributed by atoms with Crippen LogP contribution in [0, 0.1) is 23.3 Å². The monoisotopic (exact) mass is 458 g/mol. The van der Waals surface area contributed by atoms with Crippen molar-refractivity contribution in [2.24, 2.45) is 0 Å². The molecular formula is C16H14F4O7S2. The molecule has 0 bridgehead atoms. The molecule has 2 aromatic carbocycles. The first-order chi connectivity index (χ1) is 13.5. The molecule has 0 aliphatic rings.